The third-order valence-electron chi connectivity index (χ3n) is 3.07. The van der Waals surface area contributed by atoms with E-state index in [1.54, 1.807) is 0 Å². The molecular formula is C11H16F3N5S. The van der Waals surface area contributed by atoms with Crippen molar-refractivity contribution >= 4 is 23.4 Å². The van der Waals surface area contributed by atoms with Crippen molar-refractivity contribution in [2.24, 2.45) is 5.84 Å². The van der Waals surface area contributed by atoms with Crippen LogP contribution < -0.4 is 16.6 Å². The second kappa shape index (κ2) is 5.65. The van der Waals surface area contributed by atoms with Crippen molar-refractivity contribution in [3.8, 4) is 0 Å². The first-order valence-electron chi connectivity index (χ1n) is 6.13. The zero-order chi connectivity index (χ0) is 14.8. The molecule has 1 aliphatic rings. The molecule has 0 aliphatic carbocycles. The van der Waals surface area contributed by atoms with Crippen molar-refractivity contribution in [1.29, 1.82) is 0 Å². The van der Waals surface area contributed by atoms with Crippen LogP contribution in [0.3, 0.4) is 0 Å². The summed E-state index contributed by atoms with van der Waals surface area (Å²) in [6, 6.07) is 1.36. The molecule has 1 aliphatic heterocycles. The average molecular weight is 307 g/mol. The molecule has 9 heteroatoms. The minimum atomic E-state index is -4.60. The van der Waals surface area contributed by atoms with Crippen molar-refractivity contribution in [3.05, 3.63) is 11.9 Å². The maximum atomic E-state index is 12.7. The quantitative estimate of drug-likeness (QED) is 0.586. The lowest BCUT2D eigenvalue weighted by Gasteiger charge is -2.23. The second-order valence-electron chi connectivity index (χ2n) is 4.86. The van der Waals surface area contributed by atoms with Crippen LogP contribution in [0.5, 0.6) is 0 Å². The van der Waals surface area contributed by atoms with Crippen LogP contribution in [0, 0.1) is 0 Å². The van der Waals surface area contributed by atoms with Crippen molar-refractivity contribution in [1.82, 2.24) is 9.97 Å². The fourth-order valence-corrected chi connectivity index (χ4v) is 3.24. The Kier molecular flexibility index (Phi) is 4.28. The van der Waals surface area contributed by atoms with Crippen LogP contribution in [0.2, 0.25) is 0 Å². The van der Waals surface area contributed by atoms with Crippen molar-refractivity contribution < 1.29 is 13.2 Å². The molecule has 1 unspecified atom stereocenters. The number of alkyl halides is 3. The van der Waals surface area contributed by atoms with Crippen LogP contribution >= 0.6 is 11.8 Å². The minimum Gasteiger partial charge on any atom is -0.369 e. The molecule has 1 aromatic rings. The maximum absolute atomic E-state index is 12.7. The predicted octanol–water partition coefficient (Wildman–Crippen LogP) is 2.48. The van der Waals surface area contributed by atoms with Crippen molar-refractivity contribution in [3.63, 3.8) is 0 Å². The van der Waals surface area contributed by atoms with Gasteiger partial charge in [0.15, 0.2) is 0 Å². The summed E-state index contributed by atoms with van der Waals surface area (Å²) in [4.78, 5) is 6.80. The number of nitrogens with one attached hydrogen (secondary N) is 2. The standard InChI is InChI=1S/C11H16F3N5S/c1-10(3-2-4-20-10)6-16-7-5-8(19-15)18-9(17-7)11(12,13)14/h5H,2-4,6,15H2,1H3,(H2,16,17,18,19). The fraction of sp³-hybridized carbons (Fsp3) is 0.636. The van der Waals surface area contributed by atoms with E-state index in [0.717, 1.165) is 18.6 Å². The van der Waals surface area contributed by atoms with E-state index < -0.39 is 12.0 Å². The molecular weight excluding hydrogens is 291 g/mol. The first-order valence-corrected chi connectivity index (χ1v) is 7.12. The van der Waals surface area contributed by atoms with Crippen LogP contribution in [0.1, 0.15) is 25.6 Å². The van der Waals surface area contributed by atoms with Gasteiger partial charge in [-0.3, -0.25) is 0 Å². The Morgan fingerprint density at radius 1 is 1.40 bits per heavy atom. The van der Waals surface area contributed by atoms with Gasteiger partial charge < -0.3 is 10.7 Å². The molecule has 20 heavy (non-hydrogen) atoms. The van der Waals surface area contributed by atoms with E-state index >= 15 is 0 Å². The molecule has 4 N–H and O–H groups in total. The zero-order valence-electron chi connectivity index (χ0n) is 10.9. The third-order valence-corrected chi connectivity index (χ3v) is 4.61. The summed E-state index contributed by atoms with van der Waals surface area (Å²) in [5.74, 6) is 5.05. The summed E-state index contributed by atoms with van der Waals surface area (Å²) < 4.78 is 38.1. The highest BCUT2D eigenvalue weighted by Crippen LogP contribution is 2.37. The Bertz CT molecular complexity index is 474. The van der Waals surface area contributed by atoms with Gasteiger partial charge in [0.25, 0.3) is 0 Å². The highest BCUT2D eigenvalue weighted by Gasteiger charge is 2.36. The molecule has 2 rings (SSSR count). The molecule has 0 amide bonds. The van der Waals surface area contributed by atoms with E-state index in [2.05, 4.69) is 27.6 Å². The van der Waals surface area contributed by atoms with Crippen molar-refractivity contribution in [2.75, 3.05) is 23.0 Å². The summed E-state index contributed by atoms with van der Waals surface area (Å²) in [7, 11) is 0. The molecule has 0 bridgehead atoms. The number of rotatable bonds is 4. The number of halogens is 3. The van der Waals surface area contributed by atoms with Gasteiger partial charge in [-0.25, -0.2) is 15.8 Å². The number of nitrogens with two attached hydrogens (primary N) is 1. The summed E-state index contributed by atoms with van der Waals surface area (Å²) in [6.07, 6.45) is -2.45. The van der Waals surface area contributed by atoms with E-state index in [1.807, 2.05) is 11.8 Å². The summed E-state index contributed by atoms with van der Waals surface area (Å²) >= 11 is 1.82. The fourth-order valence-electron chi connectivity index (χ4n) is 1.99. The number of hydrogen-bond donors (Lipinski definition) is 3. The third kappa shape index (κ3) is 3.66. The maximum Gasteiger partial charge on any atom is 0.451 e. The van der Waals surface area contributed by atoms with Crippen LogP contribution in [-0.2, 0) is 6.18 Å². The lowest BCUT2D eigenvalue weighted by atomic mass is 10.1. The van der Waals surface area contributed by atoms with E-state index in [1.165, 1.54) is 6.07 Å². The highest BCUT2D eigenvalue weighted by molar-refractivity contribution is 8.00. The molecule has 0 radical (unpaired) electrons. The molecule has 5 nitrogen and oxygen atoms in total. The number of anilines is 2. The van der Waals surface area contributed by atoms with Crippen LogP contribution in [-0.4, -0.2) is 27.0 Å². The number of hydrazine groups is 1. The number of aromatic nitrogens is 2. The van der Waals surface area contributed by atoms with Crippen LogP contribution in [0.25, 0.3) is 0 Å². The Morgan fingerprint density at radius 3 is 2.65 bits per heavy atom. The molecule has 1 fully saturated rings. The lowest BCUT2D eigenvalue weighted by Crippen LogP contribution is -2.28. The first kappa shape index (κ1) is 15.2. The number of nitrogen functional groups attached to an aromatic ring is 1. The molecule has 0 aromatic carbocycles. The Balaban J connectivity index is 2.14. The van der Waals surface area contributed by atoms with Gasteiger partial charge in [0, 0.05) is 17.4 Å². The van der Waals surface area contributed by atoms with Gasteiger partial charge in [-0.1, -0.05) is 0 Å². The summed E-state index contributed by atoms with van der Waals surface area (Å²) in [5, 5.41) is 2.95. The predicted molar refractivity (Wildman–Crippen MR) is 73.4 cm³/mol. The minimum absolute atomic E-state index is 0.0274. The molecule has 2 heterocycles. The van der Waals surface area contributed by atoms with Gasteiger partial charge in [-0.05, 0) is 25.5 Å². The SMILES string of the molecule is CC1(CNc2cc(NN)nc(C(F)(F)F)n2)CCCS1. The topological polar surface area (TPSA) is 75.9 Å². The molecule has 1 atom stereocenters. The van der Waals surface area contributed by atoms with Gasteiger partial charge in [0.2, 0.25) is 5.82 Å². The van der Waals surface area contributed by atoms with E-state index in [-0.39, 0.29) is 16.4 Å². The molecule has 1 aromatic heterocycles. The van der Waals surface area contributed by atoms with Crippen LogP contribution in [0.15, 0.2) is 6.07 Å². The lowest BCUT2D eigenvalue weighted by molar-refractivity contribution is -0.144. The Hall–Kier alpha value is -1.22. The van der Waals surface area contributed by atoms with Gasteiger partial charge in [0.05, 0.1) is 0 Å². The summed E-state index contributed by atoms with van der Waals surface area (Å²) in [5.41, 5.74) is 2.12. The number of thioether (sulfide) groups is 1. The van der Waals surface area contributed by atoms with E-state index in [9.17, 15) is 13.2 Å². The van der Waals surface area contributed by atoms with Gasteiger partial charge in [-0.2, -0.15) is 24.9 Å². The average Bonchev–Trinajstić information content (AvgIpc) is 2.82. The summed E-state index contributed by atoms with van der Waals surface area (Å²) in [6.45, 7) is 2.64. The molecule has 0 spiro atoms. The van der Waals surface area contributed by atoms with Crippen LogP contribution in [0.4, 0.5) is 24.8 Å². The molecule has 1 saturated heterocycles. The van der Waals surface area contributed by atoms with Gasteiger partial charge in [-0.15, -0.1) is 0 Å². The number of nitrogens with zero attached hydrogens (tertiary/aromatic N) is 2. The highest BCUT2D eigenvalue weighted by atomic mass is 32.2. The first-order chi connectivity index (χ1) is 9.32. The van der Waals surface area contributed by atoms with Gasteiger partial charge in [0.1, 0.15) is 11.6 Å². The monoisotopic (exact) mass is 307 g/mol. The normalized spacial score (nSPS) is 22.9. The molecule has 112 valence electrons. The van der Waals surface area contributed by atoms with Gasteiger partial charge >= 0.3 is 6.18 Å². The van der Waals surface area contributed by atoms with E-state index in [0.29, 0.717) is 6.54 Å². The zero-order valence-corrected chi connectivity index (χ0v) is 11.7. The van der Waals surface area contributed by atoms with E-state index in [4.69, 9.17) is 5.84 Å². The largest absolute Gasteiger partial charge is 0.451 e. The van der Waals surface area contributed by atoms with Crippen molar-refractivity contribution in [2.45, 2.75) is 30.7 Å². The number of hydrogen-bond acceptors (Lipinski definition) is 6. The molecule has 0 saturated carbocycles. The Labute approximate surface area is 118 Å². The smallest absolute Gasteiger partial charge is 0.369 e. The Morgan fingerprint density at radius 2 is 2.10 bits per heavy atom. The second-order valence-corrected chi connectivity index (χ2v) is 6.54.